The molecule has 0 radical (unpaired) electrons. The SMILES string of the molecule is CC1CC(NC2=NCCN2)CCN1C. The summed E-state index contributed by atoms with van der Waals surface area (Å²) >= 11 is 0. The number of nitrogens with one attached hydrogen (secondary N) is 2. The highest BCUT2D eigenvalue weighted by Crippen LogP contribution is 2.15. The predicted octanol–water partition coefficient (Wildman–Crippen LogP) is 0.0179. The third kappa shape index (κ3) is 2.18. The molecule has 0 spiro atoms. The molecule has 4 nitrogen and oxygen atoms in total. The Labute approximate surface area is 85.8 Å². The van der Waals surface area contributed by atoms with Crippen molar-refractivity contribution in [2.24, 2.45) is 4.99 Å². The van der Waals surface area contributed by atoms with Crippen molar-refractivity contribution in [1.29, 1.82) is 0 Å². The van der Waals surface area contributed by atoms with Crippen LogP contribution in [0.2, 0.25) is 0 Å². The molecule has 2 aliphatic rings. The molecule has 1 fully saturated rings. The average molecular weight is 196 g/mol. The predicted molar refractivity (Wildman–Crippen MR) is 58.6 cm³/mol. The van der Waals surface area contributed by atoms with Crippen molar-refractivity contribution in [3.63, 3.8) is 0 Å². The lowest BCUT2D eigenvalue weighted by atomic mass is 9.99. The third-order valence-corrected chi connectivity index (χ3v) is 3.22. The molecule has 0 saturated carbocycles. The van der Waals surface area contributed by atoms with E-state index in [9.17, 15) is 0 Å². The Kier molecular flexibility index (Phi) is 2.91. The van der Waals surface area contributed by atoms with Crippen molar-refractivity contribution in [3.05, 3.63) is 0 Å². The first-order chi connectivity index (χ1) is 6.75. The summed E-state index contributed by atoms with van der Waals surface area (Å²) in [6.07, 6.45) is 2.44. The van der Waals surface area contributed by atoms with Gasteiger partial charge >= 0.3 is 0 Å². The number of nitrogens with zero attached hydrogens (tertiary/aromatic N) is 2. The van der Waals surface area contributed by atoms with Crippen LogP contribution in [0.15, 0.2) is 4.99 Å². The lowest BCUT2D eigenvalue weighted by molar-refractivity contribution is 0.176. The smallest absolute Gasteiger partial charge is 0.191 e. The summed E-state index contributed by atoms with van der Waals surface area (Å²) in [7, 11) is 2.20. The number of hydrogen-bond acceptors (Lipinski definition) is 4. The molecule has 2 atom stereocenters. The van der Waals surface area contributed by atoms with Gasteiger partial charge in [-0.2, -0.15) is 0 Å². The summed E-state index contributed by atoms with van der Waals surface area (Å²) in [5, 5.41) is 6.74. The van der Waals surface area contributed by atoms with Crippen LogP contribution in [-0.4, -0.2) is 49.6 Å². The van der Waals surface area contributed by atoms with Gasteiger partial charge in [-0.3, -0.25) is 4.99 Å². The molecule has 2 N–H and O–H groups in total. The first-order valence-electron chi connectivity index (χ1n) is 5.51. The molecule has 4 heteroatoms. The van der Waals surface area contributed by atoms with Crippen LogP contribution >= 0.6 is 0 Å². The van der Waals surface area contributed by atoms with E-state index in [0.29, 0.717) is 12.1 Å². The molecule has 1 saturated heterocycles. The fourth-order valence-corrected chi connectivity index (χ4v) is 2.11. The second-order valence-corrected chi connectivity index (χ2v) is 4.35. The van der Waals surface area contributed by atoms with Crippen LogP contribution in [0.5, 0.6) is 0 Å². The van der Waals surface area contributed by atoms with E-state index in [1.807, 2.05) is 0 Å². The molecule has 2 heterocycles. The van der Waals surface area contributed by atoms with Crippen molar-refractivity contribution in [2.75, 3.05) is 26.7 Å². The van der Waals surface area contributed by atoms with Crippen LogP contribution in [0, 0.1) is 0 Å². The Morgan fingerprint density at radius 2 is 2.43 bits per heavy atom. The zero-order valence-electron chi connectivity index (χ0n) is 9.08. The number of guanidine groups is 1. The van der Waals surface area contributed by atoms with E-state index in [4.69, 9.17) is 0 Å². The molecular weight excluding hydrogens is 176 g/mol. The summed E-state index contributed by atoms with van der Waals surface area (Å²) in [6.45, 7) is 5.39. The van der Waals surface area contributed by atoms with E-state index < -0.39 is 0 Å². The standard InChI is InChI=1S/C10H20N4/c1-8-7-9(3-6-14(8)2)13-10-11-4-5-12-10/h8-9H,3-7H2,1-2H3,(H2,11,12,13). The molecule has 0 amide bonds. The highest BCUT2D eigenvalue weighted by molar-refractivity contribution is 5.81. The molecule has 80 valence electrons. The summed E-state index contributed by atoms with van der Waals surface area (Å²) in [5.41, 5.74) is 0. The second-order valence-electron chi connectivity index (χ2n) is 4.35. The minimum absolute atomic E-state index is 0.602. The van der Waals surface area contributed by atoms with Gasteiger partial charge < -0.3 is 15.5 Å². The van der Waals surface area contributed by atoms with E-state index in [1.165, 1.54) is 19.4 Å². The van der Waals surface area contributed by atoms with Crippen LogP contribution in [0.1, 0.15) is 19.8 Å². The maximum Gasteiger partial charge on any atom is 0.191 e. The molecule has 0 aromatic rings. The van der Waals surface area contributed by atoms with Gasteiger partial charge in [0.05, 0.1) is 6.54 Å². The highest BCUT2D eigenvalue weighted by Gasteiger charge is 2.23. The number of aliphatic imine (C=N–C) groups is 1. The maximum atomic E-state index is 4.35. The molecule has 0 bridgehead atoms. The number of hydrogen-bond donors (Lipinski definition) is 2. The Bertz CT molecular complexity index is 226. The van der Waals surface area contributed by atoms with Gasteiger partial charge in [0.2, 0.25) is 0 Å². The normalized spacial score (nSPS) is 33.7. The Hall–Kier alpha value is -0.770. The van der Waals surface area contributed by atoms with Gasteiger partial charge in [0, 0.05) is 25.2 Å². The van der Waals surface area contributed by atoms with Crippen molar-refractivity contribution < 1.29 is 0 Å². The monoisotopic (exact) mass is 196 g/mol. The van der Waals surface area contributed by atoms with Gasteiger partial charge in [-0.1, -0.05) is 0 Å². The lowest BCUT2D eigenvalue weighted by Gasteiger charge is -2.35. The molecule has 0 aromatic carbocycles. The fourth-order valence-electron chi connectivity index (χ4n) is 2.11. The van der Waals surface area contributed by atoms with Crippen LogP contribution < -0.4 is 10.6 Å². The van der Waals surface area contributed by atoms with Crippen molar-refractivity contribution in [2.45, 2.75) is 31.8 Å². The minimum Gasteiger partial charge on any atom is -0.355 e. The van der Waals surface area contributed by atoms with E-state index in [-0.39, 0.29) is 0 Å². The zero-order chi connectivity index (χ0) is 9.97. The van der Waals surface area contributed by atoms with Crippen LogP contribution in [0.25, 0.3) is 0 Å². The number of piperidine rings is 1. The average Bonchev–Trinajstić information content (AvgIpc) is 2.64. The van der Waals surface area contributed by atoms with Crippen LogP contribution in [0.3, 0.4) is 0 Å². The zero-order valence-corrected chi connectivity index (χ0v) is 9.08. The van der Waals surface area contributed by atoms with Crippen LogP contribution in [-0.2, 0) is 0 Å². The third-order valence-electron chi connectivity index (χ3n) is 3.22. The molecular formula is C10H20N4. The Morgan fingerprint density at radius 3 is 3.07 bits per heavy atom. The quantitative estimate of drug-likeness (QED) is 0.621. The molecule has 0 aliphatic carbocycles. The van der Waals surface area contributed by atoms with Crippen molar-refractivity contribution in [1.82, 2.24) is 15.5 Å². The molecule has 2 aliphatic heterocycles. The first kappa shape index (κ1) is 9.77. The lowest BCUT2D eigenvalue weighted by Crippen LogP contribution is -2.49. The number of rotatable bonds is 1. The van der Waals surface area contributed by atoms with Crippen molar-refractivity contribution in [3.8, 4) is 0 Å². The van der Waals surface area contributed by atoms with Gasteiger partial charge in [0.1, 0.15) is 0 Å². The molecule has 14 heavy (non-hydrogen) atoms. The molecule has 0 aromatic heterocycles. The van der Waals surface area contributed by atoms with Gasteiger partial charge in [0.15, 0.2) is 5.96 Å². The Morgan fingerprint density at radius 1 is 1.57 bits per heavy atom. The Balaban J connectivity index is 1.81. The topological polar surface area (TPSA) is 39.7 Å². The summed E-state index contributed by atoms with van der Waals surface area (Å²) in [6, 6.07) is 1.29. The fraction of sp³-hybridized carbons (Fsp3) is 0.900. The highest BCUT2D eigenvalue weighted by atomic mass is 15.2. The van der Waals surface area contributed by atoms with Crippen molar-refractivity contribution >= 4 is 5.96 Å². The largest absolute Gasteiger partial charge is 0.355 e. The maximum absolute atomic E-state index is 4.35. The van der Waals surface area contributed by atoms with E-state index >= 15 is 0 Å². The second kappa shape index (κ2) is 4.17. The summed E-state index contributed by atoms with van der Waals surface area (Å²) in [5.74, 6) is 1.01. The minimum atomic E-state index is 0.602. The van der Waals surface area contributed by atoms with E-state index in [2.05, 4.69) is 34.5 Å². The molecule has 2 unspecified atom stereocenters. The van der Waals surface area contributed by atoms with Gasteiger partial charge in [-0.05, 0) is 26.8 Å². The first-order valence-corrected chi connectivity index (χ1v) is 5.51. The van der Waals surface area contributed by atoms with Crippen LogP contribution in [0.4, 0.5) is 0 Å². The van der Waals surface area contributed by atoms with Gasteiger partial charge in [-0.25, -0.2) is 0 Å². The number of likely N-dealkylation sites (tertiary alicyclic amines) is 1. The van der Waals surface area contributed by atoms with Gasteiger partial charge in [0.25, 0.3) is 0 Å². The molecule has 2 rings (SSSR count). The van der Waals surface area contributed by atoms with Gasteiger partial charge in [-0.15, -0.1) is 0 Å². The summed E-state index contributed by atoms with van der Waals surface area (Å²) < 4.78 is 0. The van der Waals surface area contributed by atoms with E-state index in [0.717, 1.165) is 19.0 Å². The van der Waals surface area contributed by atoms with E-state index in [1.54, 1.807) is 0 Å². The summed E-state index contributed by atoms with van der Waals surface area (Å²) in [4.78, 5) is 6.77.